The molecular weight excluding hydrogens is 384 g/mol. The largest absolute Gasteiger partial charge is 0.336 e. The summed E-state index contributed by atoms with van der Waals surface area (Å²) in [6.45, 7) is 4.97. The van der Waals surface area contributed by atoms with Gasteiger partial charge in [-0.25, -0.2) is 0 Å². The number of benzene rings is 2. The molecule has 0 aliphatic carbocycles. The molecule has 0 radical (unpaired) electrons. The van der Waals surface area contributed by atoms with Crippen LogP contribution in [-0.4, -0.2) is 51.7 Å². The molecule has 1 unspecified atom stereocenters. The van der Waals surface area contributed by atoms with Gasteiger partial charge in [-0.1, -0.05) is 54.6 Å². The zero-order valence-corrected chi connectivity index (χ0v) is 17.9. The molecule has 3 aromatic rings. The van der Waals surface area contributed by atoms with Crippen LogP contribution in [0.25, 0.3) is 0 Å². The lowest BCUT2D eigenvalue weighted by Crippen LogP contribution is -2.46. The van der Waals surface area contributed by atoms with Gasteiger partial charge in [0.2, 0.25) is 5.91 Å². The first kappa shape index (κ1) is 20.0. The molecule has 1 fully saturated rings. The first-order valence-electron chi connectivity index (χ1n) is 11.4. The lowest BCUT2D eigenvalue weighted by molar-refractivity contribution is -0.134. The van der Waals surface area contributed by atoms with Crippen LogP contribution in [-0.2, 0) is 17.9 Å². The Balaban J connectivity index is 1.22. The van der Waals surface area contributed by atoms with Gasteiger partial charge in [-0.3, -0.25) is 14.4 Å². The van der Waals surface area contributed by atoms with Crippen molar-refractivity contribution in [2.24, 2.45) is 5.92 Å². The van der Waals surface area contributed by atoms with Crippen LogP contribution in [0.4, 0.5) is 0 Å². The van der Waals surface area contributed by atoms with E-state index in [1.807, 2.05) is 23.1 Å². The van der Waals surface area contributed by atoms with E-state index in [1.165, 1.54) is 16.7 Å². The topological polar surface area (TPSA) is 41.4 Å². The quantitative estimate of drug-likeness (QED) is 0.638. The minimum Gasteiger partial charge on any atom is -0.336 e. The summed E-state index contributed by atoms with van der Waals surface area (Å²) in [6.07, 6.45) is 6.13. The Labute approximate surface area is 184 Å². The van der Waals surface area contributed by atoms with E-state index in [-0.39, 0.29) is 11.8 Å². The third-order valence-corrected chi connectivity index (χ3v) is 6.82. The van der Waals surface area contributed by atoms with Crippen molar-refractivity contribution < 1.29 is 4.79 Å². The lowest BCUT2D eigenvalue weighted by atomic mass is 9.84. The normalized spacial score (nSPS) is 19.9. The number of amides is 1. The second kappa shape index (κ2) is 9.06. The van der Waals surface area contributed by atoms with Crippen molar-refractivity contribution in [2.45, 2.75) is 31.8 Å². The summed E-state index contributed by atoms with van der Waals surface area (Å²) in [4.78, 5) is 17.7. The molecule has 2 aromatic carbocycles. The number of piperidine rings is 1. The molecule has 3 heterocycles. The molecule has 2 aliphatic heterocycles. The third-order valence-electron chi connectivity index (χ3n) is 6.82. The highest BCUT2D eigenvalue weighted by molar-refractivity contribution is 5.79. The van der Waals surface area contributed by atoms with E-state index in [1.54, 1.807) is 0 Å². The van der Waals surface area contributed by atoms with E-state index >= 15 is 0 Å². The molecule has 1 atom stereocenters. The van der Waals surface area contributed by atoms with E-state index in [2.05, 4.69) is 69.5 Å². The Morgan fingerprint density at radius 1 is 0.968 bits per heavy atom. The Kier molecular flexibility index (Phi) is 5.85. The summed E-state index contributed by atoms with van der Waals surface area (Å²) in [7, 11) is 0. The van der Waals surface area contributed by atoms with Crippen molar-refractivity contribution in [1.29, 1.82) is 0 Å². The van der Waals surface area contributed by atoms with Crippen LogP contribution < -0.4 is 0 Å². The number of hydrogen-bond donors (Lipinski definition) is 0. The molecule has 1 amide bonds. The minimum atomic E-state index is 0.245. The molecule has 5 rings (SSSR count). The summed E-state index contributed by atoms with van der Waals surface area (Å²) in [6, 6.07) is 21.2. The van der Waals surface area contributed by atoms with Crippen LogP contribution >= 0.6 is 0 Å². The van der Waals surface area contributed by atoms with Crippen LogP contribution in [0.2, 0.25) is 0 Å². The fourth-order valence-corrected chi connectivity index (χ4v) is 5.06. The Bertz CT molecular complexity index is 993. The zero-order chi connectivity index (χ0) is 21.0. The van der Waals surface area contributed by atoms with Crippen LogP contribution in [0.1, 0.15) is 35.4 Å². The highest BCUT2D eigenvalue weighted by Crippen LogP contribution is 2.33. The molecule has 0 spiro atoms. The lowest BCUT2D eigenvalue weighted by Gasteiger charge is -2.37. The molecule has 31 heavy (non-hydrogen) atoms. The number of carbonyl (C=O) groups is 1. The van der Waals surface area contributed by atoms with Gasteiger partial charge in [0.05, 0.1) is 6.54 Å². The van der Waals surface area contributed by atoms with Gasteiger partial charge in [0.1, 0.15) is 0 Å². The summed E-state index contributed by atoms with van der Waals surface area (Å²) < 4.78 is 2.03. The average molecular weight is 415 g/mol. The molecule has 0 bridgehead atoms. The fraction of sp³-hybridized carbons (Fsp3) is 0.385. The maximum absolute atomic E-state index is 13.3. The standard InChI is InChI=1S/C26H30N4O/c31-26(20-28-15-11-21(12-16-28)17-30-14-6-13-27-30)29-18-23-9-4-5-10-24(23)25(19-29)22-7-2-1-3-8-22/h1-10,13-14,21,25H,11-12,15-20H2. The van der Waals surface area contributed by atoms with Gasteiger partial charge >= 0.3 is 0 Å². The average Bonchev–Trinajstić information content (AvgIpc) is 3.33. The molecule has 160 valence electrons. The summed E-state index contributed by atoms with van der Waals surface area (Å²) in [5.74, 6) is 1.14. The van der Waals surface area contributed by atoms with Gasteiger partial charge < -0.3 is 4.90 Å². The highest BCUT2D eigenvalue weighted by Gasteiger charge is 2.30. The monoisotopic (exact) mass is 414 g/mol. The van der Waals surface area contributed by atoms with Crippen molar-refractivity contribution in [3.05, 3.63) is 89.7 Å². The number of hydrogen-bond acceptors (Lipinski definition) is 3. The van der Waals surface area contributed by atoms with Crippen molar-refractivity contribution in [3.8, 4) is 0 Å². The smallest absolute Gasteiger partial charge is 0.237 e. The summed E-state index contributed by atoms with van der Waals surface area (Å²) in [5, 5.41) is 4.33. The first-order chi connectivity index (χ1) is 15.3. The van der Waals surface area contributed by atoms with Crippen molar-refractivity contribution in [2.75, 3.05) is 26.2 Å². The third kappa shape index (κ3) is 4.57. The van der Waals surface area contributed by atoms with E-state index < -0.39 is 0 Å². The number of fused-ring (bicyclic) bond motifs is 1. The van der Waals surface area contributed by atoms with Gasteiger partial charge in [0, 0.05) is 37.9 Å². The zero-order valence-electron chi connectivity index (χ0n) is 17.9. The number of carbonyl (C=O) groups excluding carboxylic acids is 1. The minimum absolute atomic E-state index is 0.245. The summed E-state index contributed by atoms with van der Waals surface area (Å²) in [5.41, 5.74) is 3.91. The molecular formula is C26H30N4O. The highest BCUT2D eigenvalue weighted by atomic mass is 16.2. The number of likely N-dealkylation sites (tertiary alicyclic amines) is 1. The van der Waals surface area contributed by atoms with Gasteiger partial charge in [-0.2, -0.15) is 5.10 Å². The van der Waals surface area contributed by atoms with Crippen molar-refractivity contribution in [3.63, 3.8) is 0 Å². The molecule has 0 saturated carbocycles. The van der Waals surface area contributed by atoms with Crippen LogP contribution in [0.3, 0.4) is 0 Å². The van der Waals surface area contributed by atoms with Crippen LogP contribution in [0.5, 0.6) is 0 Å². The second-order valence-electron chi connectivity index (χ2n) is 8.88. The summed E-state index contributed by atoms with van der Waals surface area (Å²) >= 11 is 0. The molecule has 5 heteroatoms. The SMILES string of the molecule is O=C(CN1CCC(Cn2cccn2)CC1)N1Cc2ccccc2C(c2ccccc2)C1. The first-order valence-corrected chi connectivity index (χ1v) is 11.4. The Morgan fingerprint density at radius 2 is 1.74 bits per heavy atom. The molecule has 0 N–H and O–H groups in total. The van der Waals surface area contributed by atoms with E-state index in [9.17, 15) is 4.79 Å². The van der Waals surface area contributed by atoms with Crippen molar-refractivity contribution in [1.82, 2.24) is 19.6 Å². The predicted molar refractivity (Wildman–Crippen MR) is 122 cm³/mol. The maximum Gasteiger partial charge on any atom is 0.237 e. The fourth-order valence-electron chi connectivity index (χ4n) is 5.06. The molecule has 2 aliphatic rings. The van der Waals surface area contributed by atoms with E-state index in [0.717, 1.165) is 39.0 Å². The van der Waals surface area contributed by atoms with Gasteiger partial charge in [-0.15, -0.1) is 0 Å². The number of rotatable bonds is 5. The predicted octanol–water partition coefficient (Wildman–Crippen LogP) is 3.77. The van der Waals surface area contributed by atoms with Gasteiger partial charge in [0.15, 0.2) is 0 Å². The van der Waals surface area contributed by atoms with E-state index in [4.69, 9.17) is 0 Å². The second-order valence-corrected chi connectivity index (χ2v) is 8.88. The van der Waals surface area contributed by atoms with Crippen LogP contribution in [0, 0.1) is 5.92 Å². The Hall–Kier alpha value is -2.92. The van der Waals surface area contributed by atoms with Crippen molar-refractivity contribution >= 4 is 5.91 Å². The van der Waals surface area contributed by atoms with Gasteiger partial charge in [-0.05, 0) is 54.6 Å². The Morgan fingerprint density at radius 3 is 2.52 bits per heavy atom. The van der Waals surface area contributed by atoms with Crippen LogP contribution in [0.15, 0.2) is 73.1 Å². The number of nitrogens with zero attached hydrogens (tertiary/aromatic N) is 4. The maximum atomic E-state index is 13.3. The van der Waals surface area contributed by atoms with E-state index in [0.29, 0.717) is 19.0 Å². The molecule has 1 saturated heterocycles. The molecule has 5 nitrogen and oxygen atoms in total. The molecule has 1 aromatic heterocycles. The number of aromatic nitrogens is 2. The van der Waals surface area contributed by atoms with Gasteiger partial charge in [0.25, 0.3) is 0 Å².